The molecule has 0 aliphatic carbocycles. The molecule has 1 amide bonds. The van der Waals surface area contributed by atoms with Crippen molar-refractivity contribution >= 4 is 17.7 Å². The Labute approximate surface area is 182 Å². The highest BCUT2D eigenvalue weighted by atomic mass is 32.2. The second kappa shape index (κ2) is 9.80. The molecule has 3 aromatic rings. The zero-order chi connectivity index (χ0) is 21.7. The molecular formula is C23H28N4O2S. The molecule has 0 aliphatic rings. The van der Waals surface area contributed by atoms with Gasteiger partial charge in [-0.3, -0.25) is 9.36 Å². The first-order valence-electron chi connectivity index (χ1n) is 9.97. The molecule has 0 saturated carbocycles. The molecule has 0 spiro atoms. The molecule has 7 heteroatoms. The predicted molar refractivity (Wildman–Crippen MR) is 120 cm³/mol. The van der Waals surface area contributed by atoms with E-state index in [0.717, 1.165) is 33.5 Å². The van der Waals surface area contributed by atoms with Gasteiger partial charge in [0.2, 0.25) is 5.91 Å². The van der Waals surface area contributed by atoms with Crippen molar-refractivity contribution in [2.24, 2.45) is 0 Å². The topological polar surface area (TPSA) is 60.2 Å². The molecule has 2 aromatic carbocycles. The van der Waals surface area contributed by atoms with Crippen molar-refractivity contribution in [3.8, 4) is 11.4 Å². The number of aryl methyl sites for hydroxylation is 3. The molecule has 3 rings (SSSR count). The molecule has 0 fully saturated rings. The number of benzene rings is 2. The number of nitrogens with zero attached hydrogens (tertiary/aromatic N) is 4. The van der Waals surface area contributed by atoms with Crippen LogP contribution in [0.3, 0.4) is 0 Å². The summed E-state index contributed by atoms with van der Waals surface area (Å²) in [4.78, 5) is 14.4. The maximum absolute atomic E-state index is 12.7. The zero-order valence-electron chi connectivity index (χ0n) is 18.2. The van der Waals surface area contributed by atoms with Gasteiger partial charge in [-0.05, 0) is 62.6 Å². The maximum Gasteiger partial charge on any atom is 0.233 e. The first-order chi connectivity index (χ1) is 14.4. The van der Waals surface area contributed by atoms with E-state index in [9.17, 15) is 4.79 Å². The van der Waals surface area contributed by atoms with Crippen molar-refractivity contribution < 1.29 is 9.53 Å². The minimum Gasteiger partial charge on any atom is -0.494 e. The highest BCUT2D eigenvalue weighted by Gasteiger charge is 2.17. The monoisotopic (exact) mass is 424 g/mol. The van der Waals surface area contributed by atoms with E-state index in [-0.39, 0.29) is 5.91 Å². The summed E-state index contributed by atoms with van der Waals surface area (Å²) in [5.41, 5.74) is 4.43. The number of rotatable bonds is 8. The van der Waals surface area contributed by atoms with Gasteiger partial charge >= 0.3 is 0 Å². The molecule has 158 valence electrons. The summed E-state index contributed by atoms with van der Waals surface area (Å²) in [6.07, 6.45) is 0. The Morgan fingerprint density at radius 1 is 1.10 bits per heavy atom. The number of thioether (sulfide) groups is 1. The Hall–Kier alpha value is -2.80. The lowest BCUT2D eigenvalue weighted by Crippen LogP contribution is -2.27. The van der Waals surface area contributed by atoms with E-state index >= 15 is 0 Å². The Balaban J connectivity index is 1.65. The molecule has 0 aliphatic heterocycles. The fourth-order valence-corrected chi connectivity index (χ4v) is 4.06. The minimum atomic E-state index is 0.0436. The van der Waals surface area contributed by atoms with Crippen molar-refractivity contribution in [3.63, 3.8) is 0 Å². The quantitative estimate of drug-likeness (QED) is 0.504. The van der Waals surface area contributed by atoms with Gasteiger partial charge in [0, 0.05) is 13.6 Å². The fourth-order valence-electron chi connectivity index (χ4n) is 3.13. The van der Waals surface area contributed by atoms with Crippen LogP contribution in [0.25, 0.3) is 5.69 Å². The van der Waals surface area contributed by atoms with Gasteiger partial charge in [-0.25, -0.2) is 0 Å². The summed E-state index contributed by atoms with van der Waals surface area (Å²) < 4.78 is 7.49. The Morgan fingerprint density at radius 2 is 1.83 bits per heavy atom. The van der Waals surface area contributed by atoms with Crippen LogP contribution in [0.5, 0.6) is 5.75 Å². The highest BCUT2D eigenvalue weighted by molar-refractivity contribution is 7.99. The van der Waals surface area contributed by atoms with Gasteiger partial charge < -0.3 is 9.64 Å². The molecule has 0 atom stereocenters. The van der Waals surface area contributed by atoms with E-state index in [0.29, 0.717) is 18.9 Å². The molecule has 0 saturated heterocycles. The van der Waals surface area contributed by atoms with Crippen LogP contribution in [-0.2, 0) is 11.3 Å². The SMILES string of the molecule is CCOc1ccc(CN(C)C(=O)CSc2nnc(C)n2-c2cc(C)ccc2C)cc1. The van der Waals surface area contributed by atoms with Gasteiger partial charge in [-0.2, -0.15) is 0 Å². The van der Waals surface area contributed by atoms with Gasteiger partial charge in [-0.15, -0.1) is 10.2 Å². The van der Waals surface area contributed by atoms with Gasteiger partial charge in [0.15, 0.2) is 5.16 Å². The molecule has 0 bridgehead atoms. The largest absolute Gasteiger partial charge is 0.494 e. The van der Waals surface area contributed by atoms with Gasteiger partial charge in [0.1, 0.15) is 11.6 Å². The molecule has 1 aromatic heterocycles. The van der Waals surface area contributed by atoms with E-state index < -0.39 is 0 Å². The zero-order valence-corrected chi connectivity index (χ0v) is 19.0. The van der Waals surface area contributed by atoms with Crippen LogP contribution < -0.4 is 4.74 Å². The van der Waals surface area contributed by atoms with Gasteiger partial charge in [-0.1, -0.05) is 36.0 Å². The number of carbonyl (C=O) groups is 1. The predicted octanol–water partition coefficient (Wildman–Crippen LogP) is 4.34. The number of amides is 1. The number of hydrogen-bond acceptors (Lipinski definition) is 5. The number of ether oxygens (including phenoxy) is 1. The smallest absolute Gasteiger partial charge is 0.233 e. The first-order valence-corrected chi connectivity index (χ1v) is 11.0. The van der Waals surface area contributed by atoms with Crippen LogP contribution in [0.1, 0.15) is 29.4 Å². The van der Waals surface area contributed by atoms with Gasteiger partial charge in [0.25, 0.3) is 0 Å². The summed E-state index contributed by atoms with van der Waals surface area (Å²) in [6, 6.07) is 14.1. The normalized spacial score (nSPS) is 10.8. The van der Waals surface area contributed by atoms with Crippen molar-refractivity contribution in [1.29, 1.82) is 0 Å². The van der Waals surface area contributed by atoms with E-state index in [1.54, 1.807) is 4.90 Å². The van der Waals surface area contributed by atoms with Gasteiger partial charge in [0.05, 0.1) is 18.0 Å². The van der Waals surface area contributed by atoms with Crippen LogP contribution >= 0.6 is 11.8 Å². The average molecular weight is 425 g/mol. The lowest BCUT2D eigenvalue weighted by molar-refractivity contribution is -0.127. The van der Waals surface area contributed by atoms with Crippen LogP contribution in [0.2, 0.25) is 0 Å². The van der Waals surface area contributed by atoms with E-state index in [4.69, 9.17) is 4.74 Å². The number of aromatic nitrogens is 3. The molecule has 30 heavy (non-hydrogen) atoms. The van der Waals surface area contributed by atoms with Crippen molar-refractivity contribution in [2.75, 3.05) is 19.4 Å². The lowest BCUT2D eigenvalue weighted by Gasteiger charge is -2.17. The Kier molecular flexibility index (Phi) is 7.15. The van der Waals surface area contributed by atoms with E-state index in [1.807, 2.05) is 49.7 Å². The summed E-state index contributed by atoms with van der Waals surface area (Å²) >= 11 is 1.41. The van der Waals surface area contributed by atoms with Crippen molar-refractivity contribution in [1.82, 2.24) is 19.7 Å². The standard InChI is InChI=1S/C23H28N4O2S/c1-6-29-20-11-9-19(10-12-20)14-26(5)22(28)15-30-23-25-24-18(4)27(23)21-13-16(2)7-8-17(21)3/h7-13H,6,14-15H2,1-5H3. The van der Waals surface area contributed by atoms with Crippen molar-refractivity contribution in [3.05, 3.63) is 65.0 Å². The summed E-state index contributed by atoms with van der Waals surface area (Å²) in [5.74, 6) is 1.99. The molecule has 6 nitrogen and oxygen atoms in total. The van der Waals surface area contributed by atoms with Crippen molar-refractivity contribution in [2.45, 2.75) is 39.4 Å². The van der Waals surface area contributed by atoms with Crippen LogP contribution in [0, 0.1) is 20.8 Å². The maximum atomic E-state index is 12.7. The Bertz CT molecular complexity index is 1010. The summed E-state index contributed by atoms with van der Waals surface area (Å²) in [6.45, 7) is 9.21. The van der Waals surface area contributed by atoms with Crippen LogP contribution in [0.15, 0.2) is 47.6 Å². The molecule has 0 N–H and O–H groups in total. The van der Waals surface area contributed by atoms with E-state index in [1.165, 1.54) is 17.3 Å². The van der Waals surface area contributed by atoms with Crippen LogP contribution in [-0.4, -0.2) is 45.0 Å². The molecule has 1 heterocycles. The number of carbonyl (C=O) groups excluding carboxylic acids is 1. The summed E-state index contributed by atoms with van der Waals surface area (Å²) in [7, 11) is 1.82. The van der Waals surface area contributed by atoms with Crippen LogP contribution in [0.4, 0.5) is 0 Å². The highest BCUT2D eigenvalue weighted by Crippen LogP contribution is 2.25. The Morgan fingerprint density at radius 3 is 2.53 bits per heavy atom. The third kappa shape index (κ3) is 5.21. The molecular weight excluding hydrogens is 396 g/mol. The minimum absolute atomic E-state index is 0.0436. The molecule has 0 unspecified atom stereocenters. The third-order valence-electron chi connectivity index (χ3n) is 4.81. The third-order valence-corrected chi connectivity index (χ3v) is 5.72. The molecule has 0 radical (unpaired) electrons. The lowest BCUT2D eigenvalue weighted by atomic mass is 10.1. The second-order valence-electron chi connectivity index (χ2n) is 7.27. The average Bonchev–Trinajstić information content (AvgIpc) is 3.09. The first kappa shape index (κ1) is 21.9. The second-order valence-corrected chi connectivity index (χ2v) is 8.21. The van der Waals surface area contributed by atoms with E-state index in [2.05, 4.69) is 42.2 Å². The fraction of sp³-hybridized carbons (Fsp3) is 0.348. The summed E-state index contributed by atoms with van der Waals surface area (Å²) in [5, 5.41) is 9.26. The number of hydrogen-bond donors (Lipinski definition) is 0.